The summed E-state index contributed by atoms with van der Waals surface area (Å²) in [6, 6.07) is 4.02. The van der Waals surface area contributed by atoms with Crippen LogP contribution in [-0.2, 0) is 20.8 Å². The summed E-state index contributed by atoms with van der Waals surface area (Å²) in [6.07, 6.45) is 5.72. The molecule has 0 radical (unpaired) electrons. The van der Waals surface area contributed by atoms with Gasteiger partial charge < -0.3 is 19.7 Å². The molecule has 2 aliphatic rings. The van der Waals surface area contributed by atoms with Gasteiger partial charge in [0.15, 0.2) is 0 Å². The number of hydrogen-bond donors (Lipinski definition) is 1. The molecule has 2 atom stereocenters. The normalized spacial score (nSPS) is 28.0. The van der Waals surface area contributed by atoms with Crippen LogP contribution in [-0.4, -0.2) is 60.3 Å². The summed E-state index contributed by atoms with van der Waals surface area (Å²) >= 11 is 0. The number of ether oxygens (including phenoxy) is 2. The zero-order chi connectivity index (χ0) is 16.1. The Morgan fingerprint density at radius 3 is 3.09 bits per heavy atom. The van der Waals surface area contributed by atoms with Crippen LogP contribution in [0.15, 0.2) is 24.5 Å². The SMILES string of the molecule is CC(=O)N1CCOCC2(CCC(CNCc3ccncc3)O2)C1. The summed E-state index contributed by atoms with van der Waals surface area (Å²) < 4.78 is 12.0. The average molecular weight is 319 g/mol. The molecule has 1 N–H and O–H groups in total. The Kier molecular flexibility index (Phi) is 5.25. The highest BCUT2D eigenvalue weighted by atomic mass is 16.6. The van der Waals surface area contributed by atoms with Gasteiger partial charge in [-0.1, -0.05) is 0 Å². The summed E-state index contributed by atoms with van der Waals surface area (Å²) in [5, 5.41) is 3.44. The van der Waals surface area contributed by atoms with E-state index in [1.54, 1.807) is 19.3 Å². The molecule has 0 bridgehead atoms. The Bertz CT molecular complexity index is 525. The molecule has 0 aliphatic carbocycles. The highest BCUT2D eigenvalue weighted by Gasteiger charge is 2.43. The van der Waals surface area contributed by atoms with E-state index < -0.39 is 0 Å². The molecule has 2 fully saturated rings. The first kappa shape index (κ1) is 16.4. The Hall–Kier alpha value is -1.50. The Balaban J connectivity index is 1.50. The van der Waals surface area contributed by atoms with Crippen molar-refractivity contribution in [1.82, 2.24) is 15.2 Å². The third-order valence-corrected chi connectivity index (χ3v) is 4.58. The fourth-order valence-corrected chi connectivity index (χ4v) is 3.31. The minimum absolute atomic E-state index is 0.0951. The number of carbonyl (C=O) groups excluding carboxylic acids is 1. The number of aromatic nitrogens is 1. The van der Waals surface area contributed by atoms with E-state index in [0.29, 0.717) is 26.3 Å². The first-order chi connectivity index (χ1) is 11.2. The summed E-state index contributed by atoms with van der Waals surface area (Å²) in [6.45, 7) is 5.71. The molecule has 23 heavy (non-hydrogen) atoms. The molecule has 0 saturated carbocycles. The van der Waals surface area contributed by atoms with Gasteiger partial charge in [-0.25, -0.2) is 0 Å². The molecule has 2 unspecified atom stereocenters. The highest BCUT2D eigenvalue weighted by Crippen LogP contribution is 2.32. The lowest BCUT2D eigenvalue weighted by Crippen LogP contribution is -2.46. The van der Waals surface area contributed by atoms with Gasteiger partial charge in [0.1, 0.15) is 5.60 Å². The van der Waals surface area contributed by atoms with Crippen molar-refractivity contribution in [3.63, 3.8) is 0 Å². The second-order valence-electron chi connectivity index (χ2n) is 6.44. The first-order valence-corrected chi connectivity index (χ1v) is 8.28. The van der Waals surface area contributed by atoms with E-state index in [-0.39, 0.29) is 17.6 Å². The standard InChI is InChI=1S/C17H25N3O3/c1-14(21)20-8-9-22-13-17(12-20)5-2-16(23-17)11-19-10-15-3-6-18-7-4-15/h3-4,6-7,16,19H,2,5,8-13H2,1H3. The van der Waals surface area contributed by atoms with E-state index in [1.807, 2.05) is 17.0 Å². The van der Waals surface area contributed by atoms with Gasteiger partial charge in [-0.3, -0.25) is 9.78 Å². The van der Waals surface area contributed by atoms with E-state index in [4.69, 9.17) is 9.47 Å². The quantitative estimate of drug-likeness (QED) is 0.896. The van der Waals surface area contributed by atoms with Crippen molar-refractivity contribution in [3.8, 4) is 0 Å². The molecule has 1 aromatic heterocycles. The topological polar surface area (TPSA) is 63.7 Å². The summed E-state index contributed by atoms with van der Waals surface area (Å²) in [5.41, 5.74) is 0.888. The summed E-state index contributed by atoms with van der Waals surface area (Å²) in [7, 11) is 0. The second kappa shape index (κ2) is 7.38. The second-order valence-corrected chi connectivity index (χ2v) is 6.44. The van der Waals surface area contributed by atoms with E-state index in [0.717, 1.165) is 25.9 Å². The van der Waals surface area contributed by atoms with Gasteiger partial charge in [-0.15, -0.1) is 0 Å². The van der Waals surface area contributed by atoms with Crippen LogP contribution < -0.4 is 5.32 Å². The van der Waals surface area contributed by atoms with E-state index >= 15 is 0 Å². The predicted molar refractivity (Wildman–Crippen MR) is 85.9 cm³/mol. The molecule has 6 heteroatoms. The van der Waals surface area contributed by atoms with Crippen molar-refractivity contribution in [1.29, 1.82) is 0 Å². The highest BCUT2D eigenvalue weighted by molar-refractivity contribution is 5.73. The Labute approximate surface area is 137 Å². The van der Waals surface area contributed by atoms with Crippen molar-refractivity contribution in [2.45, 2.75) is 38.0 Å². The van der Waals surface area contributed by atoms with E-state index in [2.05, 4.69) is 10.3 Å². The number of amides is 1. The van der Waals surface area contributed by atoms with Gasteiger partial charge in [0.2, 0.25) is 5.91 Å². The molecule has 1 spiro atoms. The van der Waals surface area contributed by atoms with Crippen LogP contribution in [0, 0.1) is 0 Å². The van der Waals surface area contributed by atoms with Gasteiger partial charge in [0, 0.05) is 39.0 Å². The van der Waals surface area contributed by atoms with Crippen LogP contribution in [0.3, 0.4) is 0 Å². The third-order valence-electron chi connectivity index (χ3n) is 4.58. The smallest absolute Gasteiger partial charge is 0.219 e. The van der Waals surface area contributed by atoms with Crippen molar-refractivity contribution < 1.29 is 14.3 Å². The fourth-order valence-electron chi connectivity index (χ4n) is 3.31. The maximum absolute atomic E-state index is 11.7. The lowest BCUT2D eigenvalue weighted by atomic mass is 10.00. The summed E-state index contributed by atoms with van der Waals surface area (Å²) in [5.74, 6) is 0.0951. The zero-order valence-electron chi connectivity index (χ0n) is 13.7. The predicted octanol–water partition coefficient (Wildman–Crippen LogP) is 0.968. The molecule has 3 rings (SSSR count). The molecular formula is C17H25N3O3. The van der Waals surface area contributed by atoms with Crippen LogP contribution in [0.25, 0.3) is 0 Å². The van der Waals surface area contributed by atoms with Crippen molar-refractivity contribution in [2.75, 3.05) is 32.8 Å². The van der Waals surface area contributed by atoms with E-state index in [1.165, 1.54) is 5.56 Å². The first-order valence-electron chi connectivity index (χ1n) is 8.28. The number of nitrogens with one attached hydrogen (secondary N) is 1. The molecule has 6 nitrogen and oxygen atoms in total. The van der Waals surface area contributed by atoms with Crippen molar-refractivity contribution >= 4 is 5.91 Å². The lowest BCUT2D eigenvalue weighted by Gasteiger charge is -2.31. The minimum atomic E-state index is -0.328. The molecule has 1 aromatic rings. The third kappa shape index (κ3) is 4.28. The van der Waals surface area contributed by atoms with Gasteiger partial charge in [-0.05, 0) is 30.5 Å². The lowest BCUT2D eigenvalue weighted by molar-refractivity contribution is -0.133. The maximum atomic E-state index is 11.7. The molecule has 2 saturated heterocycles. The van der Waals surface area contributed by atoms with Gasteiger partial charge >= 0.3 is 0 Å². The van der Waals surface area contributed by atoms with Crippen LogP contribution in [0.5, 0.6) is 0 Å². The van der Waals surface area contributed by atoms with Crippen LogP contribution in [0.2, 0.25) is 0 Å². The number of carbonyl (C=O) groups is 1. The largest absolute Gasteiger partial charge is 0.377 e. The fraction of sp³-hybridized carbons (Fsp3) is 0.647. The number of nitrogens with zero attached hydrogens (tertiary/aromatic N) is 2. The zero-order valence-corrected chi connectivity index (χ0v) is 13.7. The van der Waals surface area contributed by atoms with Crippen molar-refractivity contribution in [3.05, 3.63) is 30.1 Å². The van der Waals surface area contributed by atoms with Crippen LogP contribution in [0.1, 0.15) is 25.3 Å². The van der Waals surface area contributed by atoms with Gasteiger partial charge in [-0.2, -0.15) is 0 Å². The molecular weight excluding hydrogens is 294 g/mol. The number of pyridine rings is 1. The average Bonchev–Trinajstić information content (AvgIpc) is 2.81. The number of hydrogen-bond acceptors (Lipinski definition) is 5. The van der Waals surface area contributed by atoms with E-state index in [9.17, 15) is 4.79 Å². The number of rotatable bonds is 4. The molecule has 126 valence electrons. The monoisotopic (exact) mass is 319 g/mol. The summed E-state index contributed by atoms with van der Waals surface area (Å²) in [4.78, 5) is 17.6. The molecule has 0 aromatic carbocycles. The minimum Gasteiger partial charge on any atom is -0.377 e. The van der Waals surface area contributed by atoms with Crippen LogP contribution >= 0.6 is 0 Å². The maximum Gasteiger partial charge on any atom is 0.219 e. The molecule has 2 aliphatic heterocycles. The van der Waals surface area contributed by atoms with Crippen molar-refractivity contribution in [2.24, 2.45) is 0 Å². The molecule has 3 heterocycles. The molecule has 1 amide bonds. The Morgan fingerprint density at radius 1 is 1.48 bits per heavy atom. The Morgan fingerprint density at radius 2 is 2.30 bits per heavy atom. The van der Waals surface area contributed by atoms with Crippen LogP contribution in [0.4, 0.5) is 0 Å². The van der Waals surface area contributed by atoms with Gasteiger partial charge in [0.05, 0.1) is 25.9 Å². The van der Waals surface area contributed by atoms with Gasteiger partial charge in [0.25, 0.3) is 0 Å².